The van der Waals surface area contributed by atoms with E-state index in [0.717, 1.165) is 22.0 Å². The Balaban J connectivity index is 2.06. The van der Waals surface area contributed by atoms with E-state index in [1.165, 1.54) is 4.88 Å². The molecule has 0 spiro atoms. The van der Waals surface area contributed by atoms with E-state index in [9.17, 15) is 0 Å². The van der Waals surface area contributed by atoms with Gasteiger partial charge in [0.1, 0.15) is 11.6 Å². The predicted octanol–water partition coefficient (Wildman–Crippen LogP) is 3.74. The monoisotopic (exact) mass is 287 g/mol. The molecule has 3 aromatic rings. The fourth-order valence-corrected chi connectivity index (χ4v) is 3.26. The molecule has 1 aromatic carbocycles. The van der Waals surface area contributed by atoms with Crippen LogP contribution in [0.1, 0.15) is 18.7 Å². The molecule has 2 N–H and O–H groups in total. The van der Waals surface area contributed by atoms with E-state index in [1.54, 1.807) is 17.5 Å². The third kappa shape index (κ3) is 2.14. The number of anilines is 1. The van der Waals surface area contributed by atoms with Gasteiger partial charge >= 0.3 is 0 Å². The van der Waals surface area contributed by atoms with Crippen LogP contribution in [0.4, 0.5) is 5.82 Å². The number of rotatable bonds is 3. The van der Waals surface area contributed by atoms with Crippen LogP contribution in [0.2, 0.25) is 0 Å². The van der Waals surface area contributed by atoms with E-state index < -0.39 is 0 Å². The first-order valence-electron chi connectivity index (χ1n) is 6.55. The Morgan fingerprint density at radius 2 is 1.95 bits per heavy atom. The number of nitrogens with two attached hydrogens (primary N) is 1. The smallest absolute Gasteiger partial charge is 0.196 e. The van der Waals surface area contributed by atoms with Crippen molar-refractivity contribution in [2.45, 2.75) is 26.9 Å². The fourth-order valence-electron chi connectivity index (χ4n) is 2.28. The number of imidazole rings is 1. The summed E-state index contributed by atoms with van der Waals surface area (Å²) >= 11 is 1.65. The highest BCUT2D eigenvalue weighted by Gasteiger charge is 2.14. The highest BCUT2D eigenvalue weighted by molar-refractivity contribution is 7.17. The van der Waals surface area contributed by atoms with Crippen molar-refractivity contribution in [1.29, 1.82) is 0 Å². The van der Waals surface area contributed by atoms with Gasteiger partial charge in [-0.2, -0.15) is 0 Å². The zero-order valence-electron chi connectivity index (χ0n) is 11.8. The number of ether oxygens (including phenoxy) is 1. The summed E-state index contributed by atoms with van der Waals surface area (Å²) < 4.78 is 7.67. The molecule has 2 heterocycles. The van der Waals surface area contributed by atoms with Gasteiger partial charge in [-0.3, -0.25) is 4.40 Å². The molecule has 2 aromatic heterocycles. The number of hydrogen-bond donors (Lipinski definition) is 1. The Kier molecular flexibility index (Phi) is 3.14. The Hall–Kier alpha value is -2.01. The first-order valence-corrected chi connectivity index (χ1v) is 7.37. The molecule has 0 aliphatic carbocycles. The molecule has 0 saturated carbocycles. The normalized spacial score (nSPS) is 11.4. The van der Waals surface area contributed by atoms with Gasteiger partial charge in [0.25, 0.3) is 0 Å². The average molecular weight is 287 g/mol. The second-order valence-corrected chi connectivity index (χ2v) is 6.18. The van der Waals surface area contributed by atoms with Crippen LogP contribution in [0.25, 0.3) is 16.2 Å². The van der Waals surface area contributed by atoms with Crippen LogP contribution in [-0.4, -0.2) is 15.5 Å². The summed E-state index contributed by atoms with van der Waals surface area (Å²) in [5, 5.41) is 0. The molecule has 0 atom stereocenters. The van der Waals surface area contributed by atoms with Crippen LogP contribution < -0.4 is 10.5 Å². The zero-order chi connectivity index (χ0) is 14.3. The minimum atomic E-state index is 0.180. The van der Waals surface area contributed by atoms with Gasteiger partial charge in [-0.25, -0.2) is 4.98 Å². The van der Waals surface area contributed by atoms with Gasteiger partial charge in [0.2, 0.25) is 0 Å². The van der Waals surface area contributed by atoms with Crippen LogP contribution in [0, 0.1) is 6.92 Å². The summed E-state index contributed by atoms with van der Waals surface area (Å²) in [6.07, 6.45) is 1.88. The third-order valence-corrected chi connectivity index (χ3v) is 4.03. The molecule has 0 fully saturated rings. The number of hydrogen-bond acceptors (Lipinski definition) is 4. The fraction of sp³-hybridized carbons (Fsp3) is 0.267. The molecule has 0 amide bonds. The van der Waals surface area contributed by atoms with Gasteiger partial charge in [-0.1, -0.05) is 0 Å². The predicted molar refractivity (Wildman–Crippen MR) is 83.4 cm³/mol. The lowest BCUT2D eigenvalue weighted by Gasteiger charge is -2.10. The molecule has 20 heavy (non-hydrogen) atoms. The largest absolute Gasteiger partial charge is 0.491 e. The molecule has 0 saturated heterocycles. The molecule has 4 nitrogen and oxygen atoms in total. The first-order chi connectivity index (χ1) is 9.56. The van der Waals surface area contributed by atoms with Crippen molar-refractivity contribution in [3.8, 4) is 17.0 Å². The Morgan fingerprint density at radius 1 is 1.25 bits per heavy atom. The van der Waals surface area contributed by atoms with Gasteiger partial charge in [0.15, 0.2) is 4.96 Å². The van der Waals surface area contributed by atoms with E-state index in [1.807, 2.05) is 30.4 Å². The molecule has 3 rings (SSSR count). The van der Waals surface area contributed by atoms with Crippen molar-refractivity contribution in [1.82, 2.24) is 9.38 Å². The Morgan fingerprint density at radius 3 is 2.60 bits per heavy atom. The molecular weight excluding hydrogens is 270 g/mol. The van der Waals surface area contributed by atoms with Crippen LogP contribution in [-0.2, 0) is 0 Å². The summed E-state index contributed by atoms with van der Waals surface area (Å²) in [5.41, 5.74) is 8.23. The molecular formula is C15H17N3OS. The highest BCUT2D eigenvalue weighted by atomic mass is 32.1. The quantitative estimate of drug-likeness (QED) is 0.798. The Labute approximate surface area is 121 Å². The lowest BCUT2D eigenvalue weighted by atomic mass is 10.1. The Bertz CT molecular complexity index is 740. The maximum Gasteiger partial charge on any atom is 0.196 e. The van der Waals surface area contributed by atoms with Gasteiger partial charge in [0.05, 0.1) is 18.0 Å². The van der Waals surface area contributed by atoms with E-state index in [0.29, 0.717) is 5.82 Å². The SMILES string of the molecule is Cc1sc2ncc(N)n2c1-c1ccc(OC(C)C)cc1. The second kappa shape index (κ2) is 4.83. The second-order valence-electron chi connectivity index (χ2n) is 5.00. The molecule has 0 unspecified atom stereocenters. The molecule has 0 bridgehead atoms. The topological polar surface area (TPSA) is 52.5 Å². The number of benzene rings is 1. The summed E-state index contributed by atoms with van der Waals surface area (Å²) in [7, 11) is 0. The first kappa shape index (κ1) is 13.0. The van der Waals surface area contributed by atoms with Crippen molar-refractivity contribution < 1.29 is 4.74 Å². The lowest BCUT2D eigenvalue weighted by molar-refractivity contribution is 0.242. The van der Waals surface area contributed by atoms with Crippen LogP contribution in [0.15, 0.2) is 30.5 Å². The summed E-state index contributed by atoms with van der Waals surface area (Å²) in [4.78, 5) is 6.45. The molecule has 5 heteroatoms. The van der Waals surface area contributed by atoms with Gasteiger partial charge in [-0.05, 0) is 45.0 Å². The van der Waals surface area contributed by atoms with E-state index in [-0.39, 0.29) is 6.10 Å². The summed E-state index contributed by atoms with van der Waals surface area (Å²) in [6, 6.07) is 8.11. The van der Waals surface area contributed by atoms with Gasteiger partial charge in [0, 0.05) is 10.4 Å². The minimum absolute atomic E-state index is 0.180. The van der Waals surface area contributed by atoms with E-state index in [4.69, 9.17) is 10.5 Å². The van der Waals surface area contributed by atoms with Gasteiger partial charge < -0.3 is 10.5 Å². The number of aromatic nitrogens is 2. The maximum atomic E-state index is 6.01. The van der Waals surface area contributed by atoms with Crippen molar-refractivity contribution in [3.05, 3.63) is 35.3 Å². The van der Waals surface area contributed by atoms with Crippen molar-refractivity contribution in [2.75, 3.05) is 5.73 Å². The maximum absolute atomic E-state index is 6.01. The minimum Gasteiger partial charge on any atom is -0.491 e. The summed E-state index contributed by atoms with van der Waals surface area (Å²) in [6.45, 7) is 6.13. The highest BCUT2D eigenvalue weighted by Crippen LogP contribution is 2.33. The van der Waals surface area contributed by atoms with E-state index in [2.05, 4.69) is 24.0 Å². The van der Waals surface area contributed by atoms with Crippen LogP contribution >= 0.6 is 11.3 Å². The average Bonchev–Trinajstić information content (AvgIpc) is 2.90. The van der Waals surface area contributed by atoms with Crippen LogP contribution in [0.3, 0.4) is 0 Å². The van der Waals surface area contributed by atoms with E-state index >= 15 is 0 Å². The zero-order valence-corrected chi connectivity index (χ0v) is 12.6. The van der Waals surface area contributed by atoms with Crippen molar-refractivity contribution >= 4 is 22.1 Å². The number of nitrogens with zero attached hydrogens (tertiary/aromatic N) is 2. The number of fused-ring (bicyclic) bond motifs is 1. The van der Waals surface area contributed by atoms with Crippen LogP contribution in [0.5, 0.6) is 5.75 Å². The molecule has 0 radical (unpaired) electrons. The van der Waals surface area contributed by atoms with Gasteiger partial charge in [-0.15, -0.1) is 11.3 Å². The number of thiazole rings is 1. The molecule has 0 aliphatic heterocycles. The van der Waals surface area contributed by atoms with Crippen molar-refractivity contribution in [2.24, 2.45) is 0 Å². The number of aryl methyl sites for hydroxylation is 1. The third-order valence-electron chi connectivity index (χ3n) is 3.06. The van der Waals surface area contributed by atoms with Crippen molar-refractivity contribution in [3.63, 3.8) is 0 Å². The summed E-state index contributed by atoms with van der Waals surface area (Å²) in [5.74, 6) is 1.55. The lowest BCUT2D eigenvalue weighted by Crippen LogP contribution is -2.05. The molecule has 0 aliphatic rings. The molecule has 104 valence electrons. The number of nitrogen functional groups attached to an aromatic ring is 1. The standard InChI is InChI=1S/C15H17N3OS/c1-9(2)19-12-6-4-11(5-7-12)14-10(3)20-15-17-8-13(16)18(14)15/h4-9H,16H2,1-3H3.